The van der Waals surface area contributed by atoms with Gasteiger partial charge in [-0.2, -0.15) is 0 Å². The lowest BCUT2D eigenvalue weighted by atomic mass is 10.2. The molecule has 2 heterocycles. The number of carbonyl (C=O) groups is 2. The maximum absolute atomic E-state index is 12.9. The van der Waals surface area contributed by atoms with Crippen LogP contribution in [-0.4, -0.2) is 26.8 Å². The summed E-state index contributed by atoms with van der Waals surface area (Å²) in [5.41, 5.74) is 0.768. The van der Waals surface area contributed by atoms with Crippen molar-refractivity contribution in [1.82, 2.24) is 10.6 Å². The highest BCUT2D eigenvalue weighted by molar-refractivity contribution is 7.93. The molecule has 1 aromatic carbocycles. The standard InChI is InChI=1S/C19H17ClN2O5S2/c20-14-7-5-13(6-8-14)11-21-18(23)19(24)22-12-16(15-3-1-9-27-15)29(25,26)17-4-2-10-28-17/h1-10,16H,11-12H2,(H,21,23)(H,22,24). The fourth-order valence-corrected chi connectivity index (χ4v) is 5.45. The second-order valence-corrected chi connectivity index (χ2v) is 9.74. The van der Waals surface area contributed by atoms with Crippen LogP contribution < -0.4 is 10.6 Å². The van der Waals surface area contributed by atoms with Crippen LogP contribution in [-0.2, 0) is 26.0 Å². The van der Waals surface area contributed by atoms with E-state index in [4.69, 9.17) is 16.0 Å². The highest BCUT2D eigenvalue weighted by Crippen LogP contribution is 2.31. The molecule has 152 valence electrons. The summed E-state index contributed by atoms with van der Waals surface area (Å²) < 4.78 is 31.2. The second kappa shape index (κ2) is 9.25. The van der Waals surface area contributed by atoms with E-state index in [9.17, 15) is 18.0 Å². The number of halogens is 1. The highest BCUT2D eigenvalue weighted by Gasteiger charge is 2.33. The Labute approximate surface area is 176 Å². The highest BCUT2D eigenvalue weighted by atomic mass is 35.5. The molecule has 0 aliphatic carbocycles. The molecule has 2 amide bonds. The van der Waals surface area contributed by atoms with Gasteiger partial charge in [0.2, 0.25) is 0 Å². The Morgan fingerprint density at radius 1 is 1.03 bits per heavy atom. The van der Waals surface area contributed by atoms with Gasteiger partial charge in [-0.15, -0.1) is 11.3 Å². The van der Waals surface area contributed by atoms with E-state index in [-0.39, 0.29) is 23.1 Å². The molecule has 3 rings (SSSR count). The summed E-state index contributed by atoms with van der Waals surface area (Å²) in [5, 5.41) is 5.92. The van der Waals surface area contributed by atoms with Gasteiger partial charge in [0.1, 0.15) is 15.2 Å². The molecule has 0 spiro atoms. The Balaban J connectivity index is 1.64. The van der Waals surface area contributed by atoms with E-state index in [2.05, 4.69) is 10.6 Å². The predicted octanol–water partition coefficient (Wildman–Crippen LogP) is 2.94. The van der Waals surface area contributed by atoms with Gasteiger partial charge in [-0.05, 0) is 41.3 Å². The van der Waals surface area contributed by atoms with Crippen molar-refractivity contribution in [1.29, 1.82) is 0 Å². The molecular formula is C19H17ClN2O5S2. The smallest absolute Gasteiger partial charge is 0.309 e. The van der Waals surface area contributed by atoms with E-state index in [1.54, 1.807) is 41.8 Å². The molecule has 10 heteroatoms. The number of thiophene rings is 1. The van der Waals surface area contributed by atoms with Crippen molar-refractivity contribution in [2.75, 3.05) is 6.54 Å². The fourth-order valence-electron chi connectivity index (χ4n) is 2.53. The third-order valence-corrected chi connectivity index (χ3v) is 7.78. The minimum atomic E-state index is -3.80. The number of sulfone groups is 1. The Hall–Kier alpha value is -2.62. The molecular weight excluding hydrogens is 436 g/mol. The molecule has 0 aliphatic heterocycles. The third-order valence-electron chi connectivity index (χ3n) is 4.03. The maximum atomic E-state index is 12.9. The number of hydrogen-bond acceptors (Lipinski definition) is 6. The first kappa shape index (κ1) is 21.1. The Kier molecular flexibility index (Phi) is 6.73. The molecule has 2 aromatic heterocycles. The van der Waals surface area contributed by atoms with Crippen molar-refractivity contribution in [2.24, 2.45) is 0 Å². The average molecular weight is 453 g/mol. The van der Waals surface area contributed by atoms with Crippen LogP contribution in [0.1, 0.15) is 16.6 Å². The van der Waals surface area contributed by atoms with E-state index in [0.717, 1.165) is 16.9 Å². The first-order valence-corrected chi connectivity index (χ1v) is 11.3. The normalized spacial score (nSPS) is 12.3. The van der Waals surface area contributed by atoms with Gasteiger partial charge in [0, 0.05) is 18.1 Å². The third kappa shape index (κ3) is 5.26. The zero-order valence-corrected chi connectivity index (χ0v) is 17.4. The van der Waals surface area contributed by atoms with Gasteiger partial charge in [-0.1, -0.05) is 29.8 Å². The van der Waals surface area contributed by atoms with Crippen molar-refractivity contribution >= 4 is 44.6 Å². The van der Waals surface area contributed by atoms with Crippen molar-refractivity contribution in [3.8, 4) is 0 Å². The fraction of sp³-hybridized carbons (Fsp3) is 0.158. The summed E-state index contributed by atoms with van der Waals surface area (Å²) in [6, 6.07) is 13.0. The summed E-state index contributed by atoms with van der Waals surface area (Å²) in [4.78, 5) is 24.2. The maximum Gasteiger partial charge on any atom is 0.309 e. The number of rotatable bonds is 7. The first-order valence-electron chi connectivity index (χ1n) is 8.49. The number of furan rings is 1. The first-order chi connectivity index (χ1) is 13.9. The monoisotopic (exact) mass is 452 g/mol. The van der Waals surface area contributed by atoms with Crippen LogP contribution in [0.2, 0.25) is 5.02 Å². The van der Waals surface area contributed by atoms with Gasteiger partial charge < -0.3 is 15.1 Å². The molecule has 0 saturated carbocycles. The summed E-state index contributed by atoms with van der Waals surface area (Å²) in [6.07, 6.45) is 1.35. The van der Waals surface area contributed by atoms with Crippen LogP contribution in [0.4, 0.5) is 0 Å². The van der Waals surface area contributed by atoms with E-state index >= 15 is 0 Å². The minimum Gasteiger partial charge on any atom is -0.468 e. The topological polar surface area (TPSA) is 105 Å². The lowest BCUT2D eigenvalue weighted by Crippen LogP contribution is -2.42. The molecule has 0 bridgehead atoms. The largest absolute Gasteiger partial charge is 0.468 e. The molecule has 0 aliphatic rings. The van der Waals surface area contributed by atoms with Crippen LogP contribution in [0.5, 0.6) is 0 Å². The molecule has 29 heavy (non-hydrogen) atoms. The Bertz CT molecular complexity index is 1060. The lowest BCUT2D eigenvalue weighted by molar-refractivity contribution is -0.139. The number of hydrogen-bond donors (Lipinski definition) is 2. The zero-order chi connectivity index (χ0) is 20.9. The zero-order valence-electron chi connectivity index (χ0n) is 15.0. The van der Waals surface area contributed by atoms with Crippen molar-refractivity contribution < 1.29 is 22.4 Å². The van der Waals surface area contributed by atoms with Crippen molar-refractivity contribution in [3.05, 3.63) is 76.5 Å². The van der Waals surface area contributed by atoms with Gasteiger partial charge in [-0.25, -0.2) is 8.42 Å². The number of carbonyl (C=O) groups excluding carboxylic acids is 2. The predicted molar refractivity (Wildman–Crippen MR) is 109 cm³/mol. The molecule has 0 fully saturated rings. The van der Waals surface area contributed by atoms with Crippen molar-refractivity contribution in [3.63, 3.8) is 0 Å². The van der Waals surface area contributed by atoms with E-state index in [0.29, 0.717) is 5.02 Å². The molecule has 7 nitrogen and oxygen atoms in total. The van der Waals surface area contributed by atoms with Crippen LogP contribution in [0, 0.1) is 0 Å². The molecule has 1 atom stereocenters. The molecule has 2 N–H and O–H groups in total. The van der Waals surface area contributed by atoms with Crippen molar-refractivity contribution in [2.45, 2.75) is 16.0 Å². The molecule has 3 aromatic rings. The summed E-state index contributed by atoms with van der Waals surface area (Å²) in [6.45, 7) is -0.167. The van der Waals surface area contributed by atoms with Crippen LogP contribution in [0.15, 0.2) is 68.8 Å². The van der Waals surface area contributed by atoms with E-state index in [1.807, 2.05) is 0 Å². The van der Waals surface area contributed by atoms with Gasteiger partial charge in [0.05, 0.1) is 6.26 Å². The number of amides is 2. The summed E-state index contributed by atoms with van der Waals surface area (Å²) >= 11 is 6.88. The second-order valence-electron chi connectivity index (χ2n) is 6.00. The number of nitrogens with one attached hydrogen (secondary N) is 2. The lowest BCUT2D eigenvalue weighted by Gasteiger charge is -2.15. The average Bonchev–Trinajstić information content (AvgIpc) is 3.41. The van der Waals surface area contributed by atoms with E-state index < -0.39 is 26.9 Å². The SMILES string of the molecule is O=C(NCc1ccc(Cl)cc1)C(=O)NCC(c1ccco1)S(=O)(=O)c1cccs1. The van der Waals surface area contributed by atoms with Crippen LogP contribution in [0.25, 0.3) is 0 Å². The van der Waals surface area contributed by atoms with Crippen LogP contribution in [0.3, 0.4) is 0 Å². The Morgan fingerprint density at radius 2 is 1.76 bits per heavy atom. The molecule has 0 radical (unpaired) electrons. The Morgan fingerprint density at radius 3 is 2.38 bits per heavy atom. The van der Waals surface area contributed by atoms with Gasteiger partial charge in [-0.3, -0.25) is 9.59 Å². The summed E-state index contributed by atoms with van der Waals surface area (Å²) in [5.74, 6) is -1.62. The molecule has 1 unspecified atom stereocenters. The van der Waals surface area contributed by atoms with Gasteiger partial charge in [0.15, 0.2) is 9.84 Å². The van der Waals surface area contributed by atoms with Gasteiger partial charge in [0.25, 0.3) is 0 Å². The molecule has 0 saturated heterocycles. The quantitative estimate of drug-likeness (QED) is 0.536. The summed E-state index contributed by atoms with van der Waals surface area (Å²) in [7, 11) is -3.80. The van der Waals surface area contributed by atoms with E-state index in [1.165, 1.54) is 18.4 Å². The minimum absolute atomic E-state index is 0.137. The van der Waals surface area contributed by atoms with Crippen LogP contribution >= 0.6 is 22.9 Å². The van der Waals surface area contributed by atoms with Gasteiger partial charge >= 0.3 is 11.8 Å². The number of benzene rings is 1.